The summed E-state index contributed by atoms with van der Waals surface area (Å²) < 4.78 is 0.892. The third kappa shape index (κ3) is 4.56. The summed E-state index contributed by atoms with van der Waals surface area (Å²) in [6, 6.07) is 6.16. The first-order valence-corrected chi connectivity index (χ1v) is 15.7. The maximum absolute atomic E-state index is 14.9. The normalized spacial score (nSPS) is 29.4. The number of likely N-dealkylation sites (N-methyl/N-ethyl adjacent to an activating group) is 1. The summed E-state index contributed by atoms with van der Waals surface area (Å²) in [6.07, 6.45) is 4.82. The number of rotatable bonds is 12. The molecule has 226 valence electrons. The molecule has 1 aromatic heterocycles. The zero-order valence-corrected chi connectivity index (χ0v) is 25.7. The summed E-state index contributed by atoms with van der Waals surface area (Å²) in [6.45, 7) is 14.3. The maximum atomic E-state index is 14.9. The monoisotopic (exact) mass is 594 g/mol. The Labute approximate surface area is 251 Å². The number of aromatic nitrogens is 3. The summed E-state index contributed by atoms with van der Waals surface area (Å²) in [7, 11) is 1.74. The Morgan fingerprint density at radius 3 is 2.62 bits per heavy atom. The number of likely N-dealkylation sites (tertiary alicyclic amines) is 1. The lowest BCUT2D eigenvalue weighted by molar-refractivity contribution is -0.148. The number of carbonyl (C=O) groups is 3. The van der Waals surface area contributed by atoms with E-state index in [1.54, 1.807) is 50.3 Å². The SMILES string of the molecule is C=CCN(C)C(=O)[C@@H]1[C@H]2C(=O)N([C@@H](CO)[C@@H](C)CC)C(C(=O)N(CC=C)Cn3nnc4ccccc43)C23S[C@@H]1CC3C. The van der Waals surface area contributed by atoms with Crippen molar-refractivity contribution in [2.24, 2.45) is 23.7 Å². The van der Waals surface area contributed by atoms with E-state index in [1.165, 1.54) is 0 Å². The van der Waals surface area contributed by atoms with Crippen LogP contribution >= 0.6 is 11.8 Å². The molecule has 3 aliphatic rings. The molecular formula is C31H42N6O4S. The van der Waals surface area contributed by atoms with E-state index >= 15 is 0 Å². The fourth-order valence-electron chi connectivity index (χ4n) is 7.46. The first kappa shape index (κ1) is 30.3. The Morgan fingerprint density at radius 2 is 1.95 bits per heavy atom. The predicted octanol–water partition coefficient (Wildman–Crippen LogP) is 2.79. The van der Waals surface area contributed by atoms with Gasteiger partial charge in [0.1, 0.15) is 18.2 Å². The number of carbonyl (C=O) groups excluding carboxylic acids is 3. The third-order valence-electron chi connectivity index (χ3n) is 9.71. The number of thioether (sulfide) groups is 1. The van der Waals surface area contributed by atoms with Crippen LogP contribution in [0.4, 0.5) is 0 Å². The summed E-state index contributed by atoms with van der Waals surface area (Å²) in [5.74, 6) is -1.74. The molecule has 1 aromatic carbocycles. The molecule has 2 aromatic rings. The highest BCUT2D eigenvalue weighted by molar-refractivity contribution is 8.02. The van der Waals surface area contributed by atoms with E-state index < -0.39 is 28.7 Å². The van der Waals surface area contributed by atoms with Gasteiger partial charge in [0, 0.05) is 25.4 Å². The minimum atomic E-state index is -0.844. The predicted molar refractivity (Wildman–Crippen MR) is 163 cm³/mol. The van der Waals surface area contributed by atoms with Crippen molar-refractivity contribution in [1.82, 2.24) is 29.7 Å². The number of hydrogen-bond donors (Lipinski definition) is 1. The number of nitrogens with zero attached hydrogens (tertiary/aromatic N) is 6. The van der Waals surface area contributed by atoms with E-state index in [2.05, 4.69) is 30.4 Å². The van der Waals surface area contributed by atoms with Crippen molar-refractivity contribution < 1.29 is 19.5 Å². The molecule has 11 heteroatoms. The zero-order chi connectivity index (χ0) is 30.3. The van der Waals surface area contributed by atoms with Crippen LogP contribution in [0.5, 0.6) is 0 Å². The van der Waals surface area contributed by atoms with Gasteiger partial charge in [-0.1, -0.05) is 56.7 Å². The van der Waals surface area contributed by atoms with Crippen molar-refractivity contribution in [3.8, 4) is 0 Å². The summed E-state index contributed by atoms with van der Waals surface area (Å²) in [5, 5.41) is 19.2. The van der Waals surface area contributed by atoms with E-state index in [0.717, 1.165) is 23.9 Å². The molecule has 2 bridgehead atoms. The van der Waals surface area contributed by atoms with Gasteiger partial charge in [0.25, 0.3) is 0 Å². The first-order valence-electron chi connectivity index (χ1n) is 14.8. The van der Waals surface area contributed by atoms with Gasteiger partial charge < -0.3 is 19.8 Å². The fourth-order valence-corrected chi connectivity index (χ4v) is 9.86. The van der Waals surface area contributed by atoms with Crippen molar-refractivity contribution in [3.05, 3.63) is 49.6 Å². The first-order chi connectivity index (χ1) is 20.2. The number of para-hydroxylation sites is 1. The Bertz CT molecular complexity index is 1380. The van der Waals surface area contributed by atoms with Crippen molar-refractivity contribution in [1.29, 1.82) is 0 Å². The Kier molecular flexibility index (Phi) is 8.53. The quantitative estimate of drug-likeness (QED) is 0.376. The number of aliphatic hydroxyl groups is 1. The van der Waals surface area contributed by atoms with Crippen LogP contribution in [0.2, 0.25) is 0 Å². The van der Waals surface area contributed by atoms with Crippen LogP contribution in [0.3, 0.4) is 0 Å². The average molecular weight is 595 g/mol. The highest BCUT2D eigenvalue weighted by Gasteiger charge is 2.77. The largest absolute Gasteiger partial charge is 0.394 e. The van der Waals surface area contributed by atoms with Gasteiger partial charge in [0.2, 0.25) is 17.7 Å². The van der Waals surface area contributed by atoms with Crippen LogP contribution in [0.25, 0.3) is 11.0 Å². The van der Waals surface area contributed by atoms with E-state index in [0.29, 0.717) is 6.54 Å². The molecule has 10 nitrogen and oxygen atoms in total. The lowest BCUT2D eigenvalue weighted by Gasteiger charge is -2.43. The van der Waals surface area contributed by atoms with Gasteiger partial charge in [0.15, 0.2) is 0 Å². The lowest BCUT2D eigenvalue weighted by atomic mass is 9.65. The molecule has 0 aliphatic carbocycles. The number of hydrogen-bond acceptors (Lipinski definition) is 7. The summed E-state index contributed by atoms with van der Waals surface area (Å²) in [5.41, 5.74) is 1.52. The second-order valence-corrected chi connectivity index (χ2v) is 13.6. The van der Waals surface area contributed by atoms with E-state index in [-0.39, 0.29) is 54.6 Å². The topological polar surface area (TPSA) is 112 Å². The number of aliphatic hydroxyl groups excluding tert-OH is 1. The fraction of sp³-hybridized carbons (Fsp3) is 0.581. The van der Waals surface area contributed by atoms with E-state index in [4.69, 9.17) is 0 Å². The zero-order valence-electron chi connectivity index (χ0n) is 24.9. The molecule has 5 rings (SSSR count). The molecule has 0 saturated carbocycles. The van der Waals surface area contributed by atoms with Crippen molar-refractivity contribution in [2.45, 2.75) is 62.4 Å². The van der Waals surface area contributed by atoms with E-state index in [9.17, 15) is 19.5 Å². The Hall–Kier alpha value is -3.18. The van der Waals surface area contributed by atoms with Gasteiger partial charge in [-0.2, -0.15) is 0 Å². The van der Waals surface area contributed by atoms with Gasteiger partial charge >= 0.3 is 0 Å². The van der Waals surface area contributed by atoms with Crippen LogP contribution in [-0.2, 0) is 21.1 Å². The second kappa shape index (κ2) is 11.8. The highest BCUT2D eigenvalue weighted by atomic mass is 32.2. The summed E-state index contributed by atoms with van der Waals surface area (Å²) >= 11 is 1.64. The molecule has 0 radical (unpaired) electrons. The van der Waals surface area contributed by atoms with Gasteiger partial charge in [-0.25, -0.2) is 4.68 Å². The molecule has 3 amide bonds. The maximum Gasteiger partial charge on any atom is 0.248 e. The Morgan fingerprint density at radius 1 is 1.24 bits per heavy atom. The van der Waals surface area contributed by atoms with Gasteiger partial charge in [-0.05, 0) is 30.4 Å². The van der Waals surface area contributed by atoms with Gasteiger partial charge in [-0.3, -0.25) is 14.4 Å². The van der Waals surface area contributed by atoms with Crippen LogP contribution in [-0.4, -0.2) is 101 Å². The lowest BCUT2D eigenvalue weighted by Crippen LogP contribution is -2.60. The van der Waals surface area contributed by atoms with Gasteiger partial charge in [0.05, 0.1) is 34.7 Å². The third-order valence-corrected chi connectivity index (χ3v) is 11.8. The van der Waals surface area contributed by atoms with Crippen molar-refractivity contribution >= 4 is 40.5 Å². The smallest absolute Gasteiger partial charge is 0.248 e. The molecule has 1 N–H and O–H groups in total. The number of fused-ring (bicyclic) bond motifs is 2. The molecule has 3 unspecified atom stereocenters. The Balaban J connectivity index is 1.60. The van der Waals surface area contributed by atoms with Crippen molar-refractivity contribution in [3.63, 3.8) is 0 Å². The van der Waals surface area contributed by atoms with Crippen LogP contribution in [0, 0.1) is 23.7 Å². The van der Waals surface area contributed by atoms with Crippen LogP contribution in [0.1, 0.15) is 33.6 Å². The molecule has 3 aliphatic heterocycles. The molecular weight excluding hydrogens is 552 g/mol. The minimum Gasteiger partial charge on any atom is -0.394 e. The molecule has 8 atom stereocenters. The second-order valence-electron chi connectivity index (χ2n) is 12.0. The van der Waals surface area contributed by atoms with Crippen molar-refractivity contribution in [2.75, 3.05) is 26.7 Å². The molecule has 3 saturated heterocycles. The summed E-state index contributed by atoms with van der Waals surface area (Å²) in [4.78, 5) is 48.3. The van der Waals surface area contributed by atoms with Crippen LogP contribution in [0.15, 0.2) is 49.6 Å². The standard InChI is InChI=1S/C31H42N6O4S/c1-7-14-34(6)28(39)25-24-16-20(5)31(42-24)26(25)29(40)37(23(17-38)19(4)9-3)27(31)30(41)35(15-8-2)18-36-22-13-11-10-12-21(22)32-33-36/h7-8,10-13,19-20,23-27,38H,1-2,9,14-18H2,3-6H3/t19-,20?,23-,24+,25-,26-,27?,31?/m0/s1. The molecule has 3 fully saturated rings. The molecule has 4 heterocycles. The van der Waals surface area contributed by atoms with Crippen LogP contribution < -0.4 is 0 Å². The minimum absolute atomic E-state index is 0.0169. The average Bonchev–Trinajstić information content (AvgIpc) is 3.70. The molecule has 42 heavy (non-hydrogen) atoms. The van der Waals surface area contributed by atoms with Gasteiger partial charge in [-0.15, -0.1) is 30.0 Å². The number of benzene rings is 1. The highest BCUT2D eigenvalue weighted by Crippen LogP contribution is 2.69. The van der Waals surface area contributed by atoms with E-state index in [1.807, 2.05) is 38.1 Å². The molecule has 1 spiro atoms. The number of amides is 3.